The molecule has 4 aromatic rings. The lowest BCUT2D eigenvalue weighted by atomic mass is 10.2. The van der Waals surface area contributed by atoms with Gasteiger partial charge in [-0.3, -0.25) is 4.79 Å². The Kier molecular flexibility index (Phi) is 8.24. The molecule has 194 valence electrons. The number of nitrogens with one attached hydrogen (secondary N) is 1. The van der Waals surface area contributed by atoms with E-state index in [0.717, 1.165) is 5.75 Å². The molecule has 37 heavy (non-hydrogen) atoms. The highest BCUT2D eigenvalue weighted by Gasteiger charge is 2.17. The van der Waals surface area contributed by atoms with Crippen LogP contribution in [0.5, 0.6) is 28.9 Å². The molecule has 0 aliphatic heterocycles. The quantitative estimate of drug-likeness (QED) is 0.288. The Morgan fingerprint density at radius 3 is 2.43 bits per heavy atom. The van der Waals surface area contributed by atoms with Gasteiger partial charge in [-0.05, 0) is 56.3 Å². The van der Waals surface area contributed by atoms with Gasteiger partial charge in [-0.15, -0.1) is 15.3 Å². The first-order valence-corrected chi connectivity index (χ1v) is 11.8. The van der Waals surface area contributed by atoms with E-state index in [0.29, 0.717) is 46.8 Å². The maximum absolute atomic E-state index is 12.4. The number of carbonyl (C=O) groups is 1. The van der Waals surface area contributed by atoms with Crippen molar-refractivity contribution in [2.75, 3.05) is 34.0 Å². The molecule has 0 saturated carbocycles. The van der Waals surface area contributed by atoms with Gasteiger partial charge in [0.05, 0.1) is 32.9 Å². The van der Waals surface area contributed by atoms with Gasteiger partial charge in [0, 0.05) is 12.1 Å². The molecule has 1 N–H and O–H groups in total. The molecule has 1 amide bonds. The van der Waals surface area contributed by atoms with E-state index in [2.05, 4.69) is 20.6 Å². The lowest BCUT2D eigenvalue weighted by Crippen LogP contribution is -2.38. The van der Waals surface area contributed by atoms with Crippen LogP contribution in [0, 0.1) is 0 Å². The van der Waals surface area contributed by atoms with E-state index in [1.54, 1.807) is 68.1 Å². The molecule has 2 aromatic heterocycles. The van der Waals surface area contributed by atoms with Gasteiger partial charge >= 0.3 is 0 Å². The van der Waals surface area contributed by atoms with Gasteiger partial charge in [-0.2, -0.15) is 4.52 Å². The summed E-state index contributed by atoms with van der Waals surface area (Å²) in [6.45, 7) is 4.67. The summed E-state index contributed by atoms with van der Waals surface area (Å²) in [5.74, 6) is 3.16. The maximum atomic E-state index is 12.4. The van der Waals surface area contributed by atoms with Gasteiger partial charge in [0.15, 0.2) is 17.6 Å². The van der Waals surface area contributed by atoms with Crippen LogP contribution in [-0.4, -0.2) is 65.8 Å². The molecule has 1 unspecified atom stereocenters. The first kappa shape index (κ1) is 25.5. The zero-order valence-corrected chi connectivity index (χ0v) is 21.1. The monoisotopic (exact) mass is 507 g/mol. The molecule has 0 aliphatic carbocycles. The van der Waals surface area contributed by atoms with Crippen molar-refractivity contribution in [2.45, 2.75) is 20.0 Å². The smallest absolute Gasteiger partial charge is 0.260 e. The Bertz CT molecular complexity index is 1340. The summed E-state index contributed by atoms with van der Waals surface area (Å²) in [5, 5.41) is 15.7. The highest BCUT2D eigenvalue weighted by Crippen LogP contribution is 2.32. The van der Waals surface area contributed by atoms with Crippen LogP contribution < -0.4 is 29.0 Å². The number of nitrogens with zero attached hydrogens (tertiary/aromatic N) is 4. The molecule has 0 saturated heterocycles. The fourth-order valence-corrected chi connectivity index (χ4v) is 3.51. The molecular weight excluding hydrogens is 478 g/mol. The Labute approximate surface area is 214 Å². The molecule has 0 fully saturated rings. The fourth-order valence-electron chi connectivity index (χ4n) is 3.51. The number of amides is 1. The number of benzene rings is 2. The summed E-state index contributed by atoms with van der Waals surface area (Å²) in [4.78, 5) is 12.4. The van der Waals surface area contributed by atoms with Crippen molar-refractivity contribution in [3.63, 3.8) is 0 Å². The largest absolute Gasteiger partial charge is 0.497 e. The second kappa shape index (κ2) is 11.9. The van der Waals surface area contributed by atoms with E-state index in [1.807, 2.05) is 19.1 Å². The highest BCUT2D eigenvalue weighted by atomic mass is 16.5. The van der Waals surface area contributed by atoms with E-state index in [9.17, 15) is 4.79 Å². The van der Waals surface area contributed by atoms with Crippen molar-refractivity contribution in [1.82, 2.24) is 25.1 Å². The summed E-state index contributed by atoms with van der Waals surface area (Å²) in [6, 6.07) is 16.0. The van der Waals surface area contributed by atoms with Crippen LogP contribution in [0.3, 0.4) is 0 Å². The topological polar surface area (TPSA) is 118 Å². The minimum absolute atomic E-state index is 0.212. The minimum atomic E-state index is -0.675. The molecule has 2 aromatic carbocycles. The van der Waals surface area contributed by atoms with Crippen molar-refractivity contribution >= 4 is 11.6 Å². The molecule has 11 nitrogen and oxygen atoms in total. The van der Waals surface area contributed by atoms with Gasteiger partial charge in [0.1, 0.15) is 29.6 Å². The molecular formula is C26H29N5O6. The summed E-state index contributed by atoms with van der Waals surface area (Å²) >= 11 is 0. The average Bonchev–Trinajstić information content (AvgIpc) is 3.34. The van der Waals surface area contributed by atoms with Crippen LogP contribution in [0.25, 0.3) is 17.0 Å². The summed E-state index contributed by atoms with van der Waals surface area (Å²) in [7, 11) is 3.16. The predicted molar refractivity (Wildman–Crippen MR) is 136 cm³/mol. The molecule has 0 bridgehead atoms. The standard InChI is InChI=1S/C26H29N5O6/c1-5-35-18-6-8-19(9-7-18)37-17(2)26(32)27-14-15-36-24-13-12-23-28-29-25(31(23)30-24)21-11-10-20(33-3)16-22(21)34-4/h6-13,16-17H,5,14-15H2,1-4H3,(H,27,32). The predicted octanol–water partition coefficient (Wildman–Crippen LogP) is 3.17. The minimum Gasteiger partial charge on any atom is -0.497 e. The molecule has 11 heteroatoms. The van der Waals surface area contributed by atoms with Crippen LogP contribution in [0.2, 0.25) is 0 Å². The molecule has 4 rings (SSSR count). The molecule has 2 heterocycles. The lowest BCUT2D eigenvalue weighted by molar-refractivity contribution is -0.127. The summed E-state index contributed by atoms with van der Waals surface area (Å²) in [5.41, 5.74) is 1.25. The third-order valence-electron chi connectivity index (χ3n) is 5.36. The van der Waals surface area contributed by atoms with E-state index < -0.39 is 6.10 Å². The fraction of sp³-hybridized carbons (Fsp3) is 0.308. The first-order valence-electron chi connectivity index (χ1n) is 11.8. The van der Waals surface area contributed by atoms with Crippen LogP contribution >= 0.6 is 0 Å². The molecule has 0 radical (unpaired) electrons. The number of hydrogen-bond acceptors (Lipinski definition) is 9. The van der Waals surface area contributed by atoms with E-state index in [1.165, 1.54) is 0 Å². The Morgan fingerprint density at radius 2 is 1.70 bits per heavy atom. The van der Waals surface area contributed by atoms with Crippen LogP contribution in [0.1, 0.15) is 13.8 Å². The number of hydrogen-bond donors (Lipinski definition) is 1. The van der Waals surface area contributed by atoms with E-state index in [-0.39, 0.29) is 19.1 Å². The van der Waals surface area contributed by atoms with Crippen LogP contribution in [0.4, 0.5) is 0 Å². The van der Waals surface area contributed by atoms with Crippen molar-refractivity contribution in [1.29, 1.82) is 0 Å². The van der Waals surface area contributed by atoms with Gasteiger partial charge in [-0.1, -0.05) is 0 Å². The number of rotatable bonds is 12. The van der Waals surface area contributed by atoms with Gasteiger partial charge in [0.25, 0.3) is 5.91 Å². The number of aromatic nitrogens is 4. The normalized spacial score (nSPS) is 11.6. The van der Waals surface area contributed by atoms with Gasteiger partial charge < -0.3 is 29.0 Å². The second-order valence-corrected chi connectivity index (χ2v) is 7.84. The number of methoxy groups -OCH3 is 2. The van der Waals surface area contributed by atoms with Gasteiger partial charge in [-0.25, -0.2) is 0 Å². The van der Waals surface area contributed by atoms with Crippen molar-refractivity contribution < 1.29 is 28.5 Å². The number of ether oxygens (including phenoxy) is 5. The second-order valence-electron chi connectivity index (χ2n) is 7.84. The summed E-state index contributed by atoms with van der Waals surface area (Å²) in [6.07, 6.45) is -0.675. The van der Waals surface area contributed by atoms with Crippen molar-refractivity contribution in [3.8, 4) is 40.3 Å². The third-order valence-corrected chi connectivity index (χ3v) is 5.36. The van der Waals surface area contributed by atoms with E-state index in [4.69, 9.17) is 23.7 Å². The first-order chi connectivity index (χ1) is 18.0. The third kappa shape index (κ3) is 6.18. The average molecular weight is 508 g/mol. The summed E-state index contributed by atoms with van der Waals surface area (Å²) < 4.78 is 29.2. The SMILES string of the molecule is CCOc1ccc(OC(C)C(=O)NCCOc2ccc3nnc(-c4ccc(OC)cc4OC)n3n2)cc1. The molecule has 0 aliphatic rings. The maximum Gasteiger partial charge on any atom is 0.260 e. The Balaban J connectivity index is 1.33. The molecule has 1 atom stereocenters. The molecule has 0 spiro atoms. The number of carbonyl (C=O) groups excluding carboxylic acids is 1. The number of fused-ring (bicyclic) bond motifs is 1. The van der Waals surface area contributed by atoms with Crippen molar-refractivity contribution in [2.24, 2.45) is 0 Å². The van der Waals surface area contributed by atoms with Crippen LogP contribution in [-0.2, 0) is 4.79 Å². The Hall–Kier alpha value is -4.54. The van der Waals surface area contributed by atoms with Crippen LogP contribution in [0.15, 0.2) is 54.6 Å². The highest BCUT2D eigenvalue weighted by molar-refractivity contribution is 5.80. The van der Waals surface area contributed by atoms with Crippen molar-refractivity contribution in [3.05, 3.63) is 54.6 Å². The Morgan fingerprint density at radius 1 is 0.946 bits per heavy atom. The van der Waals surface area contributed by atoms with Gasteiger partial charge in [0.2, 0.25) is 5.88 Å². The van der Waals surface area contributed by atoms with E-state index >= 15 is 0 Å². The zero-order valence-electron chi connectivity index (χ0n) is 21.1. The zero-order chi connectivity index (χ0) is 26.2. The lowest BCUT2D eigenvalue weighted by Gasteiger charge is -2.15.